The summed E-state index contributed by atoms with van der Waals surface area (Å²) in [4.78, 5) is 21.3. The van der Waals surface area contributed by atoms with Crippen LogP contribution in [0, 0.1) is 5.41 Å². The van der Waals surface area contributed by atoms with Gasteiger partial charge in [-0.3, -0.25) is 9.69 Å². The number of amides is 1. The standard InChI is InChI=1S/C19H32N4O/c1-18(2,3)15-19(4,5)21-17(24)14-22-10-12-23(13-11-22)16-8-6-7-9-20-16/h6-9H,10-15H2,1-5H3,(H,21,24). The summed E-state index contributed by atoms with van der Waals surface area (Å²) in [6, 6.07) is 5.99. The molecule has 0 unspecified atom stereocenters. The molecule has 1 aromatic heterocycles. The molecular weight excluding hydrogens is 300 g/mol. The minimum atomic E-state index is -0.175. The van der Waals surface area contributed by atoms with Gasteiger partial charge in [-0.15, -0.1) is 0 Å². The van der Waals surface area contributed by atoms with Crippen LogP contribution in [0.1, 0.15) is 41.0 Å². The molecule has 0 atom stereocenters. The number of hydrogen-bond donors (Lipinski definition) is 1. The molecule has 134 valence electrons. The van der Waals surface area contributed by atoms with Crippen LogP contribution in [0.2, 0.25) is 0 Å². The lowest BCUT2D eigenvalue weighted by Gasteiger charge is -2.37. The number of aromatic nitrogens is 1. The molecule has 0 saturated carbocycles. The predicted octanol–water partition coefficient (Wildman–Crippen LogP) is 2.53. The first-order valence-electron chi connectivity index (χ1n) is 8.84. The van der Waals surface area contributed by atoms with Gasteiger partial charge < -0.3 is 10.2 Å². The Morgan fingerprint density at radius 3 is 2.33 bits per heavy atom. The third-order valence-corrected chi connectivity index (χ3v) is 4.16. The summed E-state index contributed by atoms with van der Waals surface area (Å²) in [5.74, 6) is 1.14. The zero-order valence-corrected chi connectivity index (χ0v) is 15.8. The predicted molar refractivity (Wildman–Crippen MR) is 99.2 cm³/mol. The first kappa shape index (κ1) is 18.7. The molecule has 0 spiro atoms. The van der Waals surface area contributed by atoms with Crippen molar-refractivity contribution in [1.29, 1.82) is 0 Å². The summed E-state index contributed by atoms with van der Waals surface area (Å²) in [7, 11) is 0. The number of nitrogens with one attached hydrogen (secondary N) is 1. The lowest BCUT2D eigenvalue weighted by molar-refractivity contribution is -0.124. The van der Waals surface area contributed by atoms with Gasteiger partial charge in [0.1, 0.15) is 5.82 Å². The van der Waals surface area contributed by atoms with Gasteiger partial charge in [0.25, 0.3) is 0 Å². The minimum Gasteiger partial charge on any atom is -0.354 e. The van der Waals surface area contributed by atoms with Gasteiger partial charge in [-0.05, 0) is 37.8 Å². The monoisotopic (exact) mass is 332 g/mol. The van der Waals surface area contributed by atoms with Crippen LogP contribution in [0.5, 0.6) is 0 Å². The Morgan fingerprint density at radius 2 is 1.79 bits per heavy atom. The number of piperazine rings is 1. The van der Waals surface area contributed by atoms with Crippen molar-refractivity contribution in [3.05, 3.63) is 24.4 Å². The van der Waals surface area contributed by atoms with Crippen molar-refractivity contribution in [3.8, 4) is 0 Å². The summed E-state index contributed by atoms with van der Waals surface area (Å²) in [5.41, 5.74) is 0.0240. The highest BCUT2D eigenvalue weighted by Crippen LogP contribution is 2.26. The molecule has 0 aliphatic carbocycles. The highest BCUT2D eigenvalue weighted by Gasteiger charge is 2.28. The van der Waals surface area contributed by atoms with E-state index in [-0.39, 0.29) is 16.9 Å². The molecule has 2 heterocycles. The maximum atomic E-state index is 12.4. The van der Waals surface area contributed by atoms with Crippen molar-refractivity contribution in [2.24, 2.45) is 5.41 Å². The summed E-state index contributed by atoms with van der Waals surface area (Å²) in [6.07, 6.45) is 2.78. The highest BCUT2D eigenvalue weighted by molar-refractivity contribution is 5.78. The van der Waals surface area contributed by atoms with Gasteiger partial charge in [0.2, 0.25) is 5.91 Å². The van der Waals surface area contributed by atoms with Gasteiger partial charge in [-0.25, -0.2) is 4.98 Å². The molecular formula is C19H32N4O. The number of anilines is 1. The van der Waals surface area contributed by atoms with E-state index in [1.165, 1.54) is 0 Å². The van der Waals surface area contributed by atoms with Crippen LogP contribution in [-0.2, 0) is 4.79 Å². The fourth-order valence-electron chi connectivity index (χ4n) is 3.67. The second-order valence-electron chi connectivity index (χ2n) is 8.62. The lowest BCUT2D eigenvalue weighted by Crippen LogP contribution is -2.53. The van der Waals surface area contributed by atoms with Crippen LogP contribution in [-0.4, -0.2) is 54.1 Å². The van der Waals surface area contributed by atoms with E-state index in [9.17, 15) is 4.79 Å². The van der Waals surface area contributed by atoms with Crippen molar-refractivity contribution < 1.29 is 4.79 Å². The van der Waals surface area contributed by atoms with Crippen LogP contribution < -0.4 is 10.2 Å². The van der Waals surface area contributed by atoms with E-state index in [0.29, 0.717) is 6.54 Å². The van der Waals surface area contributed by atoms with Gasteiger partial charge in [0.15, 0.2) is 0 Å². The molecule has 24 heavy (non-hydrogen) atoms. The minimum absolute atomic E-state index is 0.121. The zero-order chi connectivity index (χ0) is 17.8. The summed E-state index contributed by atoms with van der Waals surface area (Å²) in [5, 5.41) is 3.20. The van der Waals surface area contributed by atoms with Crippen molar-refractivity contribution in [2.45, 2.75) is 46.6 Å². The summed E-state index contributed by atoms with van der Waals surface area (Å²) < 4.78 is 0. The molecule has 1 saturated heterocycles. The fraction of sp³-hybridized carbons (Fsp3) is 0.684. The molecule has 1 N–H and O–H groups in total. The van der Waals surface area contributed by atoms with Crippen LogP contribution in [0.25, 0.3) is 0 Å². The molecule has 1 fully saturated rings. The second kappa shape index (κ2) is 7.51. The number of carbonyl (C=O) groups excluding carboxylic acids is 1. The normalized spacial score (nSPS) is 17.0. The van der Waals surface area contributed by atoms with Crippen LogP contribution in [0.3, 0.4) is 0 Å². The molecule has 1 aliphatic heterocycles. The SMILES string of the molecule is CC(C)(C)CC(C)(C)NC(=O)CN1CCN(c2ccccn2)CC1. The average molecular weight is 332 g/mol. The molecule has 0 bridgehead atoms. The van der Waals surface area contributed by atoms with Gasteiger partial charge in [-0.2, -0.15) is 0 Å². The lowest BCUT2D eigenvalue weighted by atomic mass is 9.82. The van der Waals surface area contributed by atoms with Crippen molar-refractivity contribution in [1.82, 2.24) is 15.2 Å². The second-order valence-corrected chi connectivity index (χ2v) is 8.62. The maximum absolute atomic E-state index is 12.4. The van der Waals surface area contributed by atoms with E-state index >= 15 is 0 Å². The molecule has 5 heteroatoms. The smallest absolute Gasteiger partial charge is 0.234 e. The number of rotatable bonds is 5. The van der Waals surface area contributed by atoms with E-state index in [1.54, 1.807) is 0 Å². The Kier molecular flexibility index (Phi) is 5.86. The molecule has 1 amide bonds. The summed E-state index contributed by atoms with van der Waals surface area (Å²) >= 11 is 0. The third-order valence-electron chi connectivity index (χ3n) is 4.16. The number of carbonyl (C=O) groups is 1. The zero-order valence-electron chi connectivity index (χ0n) is 15.8. The highest BCUT2D eigenvalue weighted by atomic mass is 16.2. The van der Waals surface area contributed by atoms with Crippen molar-refractivity contribution >= 4 is 11.7 Å². The number of pyridine rings is 1. The molecule has 2 rings (SSSR count). The molecule has 0 aromatic carbocycles. The van der Waals surface area contributed by atoms with E-state index in [2.05, 4.69) is 54.7 Å². The molecule has 1 aliphatic rings. The third kappa shape index (κ3) is 6.11. The van der Waals surface area contributed by atoms with Crippen LogP contribution >= 0.6 is 0 Å². The molecule has 5 nitrogen and oxygen atoms in total. The van der Waals surface area contributed by atoms with Gasteiger partial charge in [-0.1, -0.05) is 26.8 Å². The van der Waals surface area contributed by atoms with E-state index in [4.69, 9.17) is 0 Å². The van der Waals surface area contributed by atoms with E-state index in [0.717, 1.165) is 38.4 Å². The van der Waals surface area contributed by atoms with Crippen LogP contribution in [0.4, 0.5) is 5.82 Å². The number of nitrogens with zero attached hydrogens (tertiary/aromatic N) is 3. The maximum Gasteiger partial charge on any atom is 0.234 e. The molecule has 1 aromatic rings. The van der Waals surface area contributed by atoms with E-state index in [1.807, 2.05) is 24.4 Å². The fourth-order valence-corrected chi connectivity index (χ4v) is 3.67. The summed E-state index contributed by atoms with van der Waals surface area (Å²) in [6.45, 7) is 14.9. The molecule has 0 radical (unpaired) electrons. The van der Waals surface area contributed by atoms with Gasteiger partial charge in [0, 0.05) is 37.9 Å². The topological polar surface area (TPSA) is 48.5 Å². The van der Waals surface area contributed by atoms with E-state index < -0.39 is 0 Å². The quantitative estimate of drug-likeness (QED) is 0.900. The first-order valence-corrected chi connectivity index (χ1v) is 8.84. The average Bonchev–Trinajstić information content (AvgIpc) is 2.45. The largest absolute Gasteiger partial charge is 0.354 e. The van der Waals surface area contributed by atoms with Crippen LogP contribution in [0.15, 0.2) is 24.4 Å². The first-order chi connectivity index (χ1) is 11.1. The Bertz CT molecular complexity index is 528. The Balaban J connectivity index is 1.78. The Labute approximate surface area is 146 Å². The van der Waals surface area contributed by atoms with Gasteiger partial charge >= 0.3 is 0 Å². The number of hydrogen-bond acceptors (Lipinski definition) is 4. The van der Waals surface area contributed by atoms with Crippen molar-refractivity contribution in [2.75, 3.05) is 37.6 Å². The Morgan fingerprint density at radius 1 is 1.12 bits per heavy atom. The Hall–Kier alpha value is -1.62. The van der Waals surface area contributed by atoms with Crippen molar-refractivity contribution in [3.63, 3.8) is 0 Å². The van der Waals surface area contributed by atoms with Gasteiger partial charge in [0.05, 0.1) is 6.54 Å².